The van der Waals surface area contributed by atoms with Gasteiger partial charge in [-0.1, -0.05) is 70.6 Å². The summed E-state index contributed by atoms with van der Waals surface area (Å²) in [4.78, 5) is 60.1. The second-order valence-corrected chi connectivity index (χ2v) is 14.6. The van der Waals surface area contributed by atoms with Gasteiger partial charge < -0.3 is 24.3 Å². The summed E-state index contributed by atoms with van der Waals surface area (Å²) in [7, 11) is -3.85. The van der Waals surface area contributed by atoms with E-state index in [1.165, 1.54) is 17.1 Å². The number of sulfone groups is 1. The quantitative estimate of drug-likeness (QED) is 0.427. The van der Waals surface area contributed by atoms with E-state index in [0.29, 0.717) is 19.6 Å². The molecule has 1 saturated heterocycles. The Bertz CT molecular complexity index is 1500. The van der Waals surface area contributed by atoms with Gasteiger partial charge in [0.1, 0.15) is 18.4 Å². The first-order valence-corrected chi connectivity index (χ1v) is 17.9. The van der Waals surface area contributed by atoms with Crippen LogP contribution in [0.2, 0.25) is 0 Å². The standard InChI is InChI=1S/C34H48N4O8S/c1-7-37(8-2)19-20-47(43,44)28-16-18-38-31(28)34(42)46-32(23(3)4)25(6)14-15-29(40)35-17-10-12-24(5)11-9-13-26(39)21-30-36-27(22-45-30)33(38)41/h9-15,22-23,25,28,31-32H,7-8,16-21H2,1-6H3,(H,35,40)/b12-10+,13-9+,15-14+,24-11+/t25-,28-,31-,32-/m1/s1. The van der Waals surface area contributed by atoms with E-state index in [1.807, 2.05) is 39.5 Å². The van der Waals surface area contributed by atoms with Crippen molar-refractivity contribution < 1.29 is 36.7 Å². The summed E-state index contributed by atoms with van der Waals surface area (Å²) in [5.41, 5.74) is 0.711. The largest absolute Gasteiger partial charge is 0.460 e. The highest BCUT2D eigenvalue weighted by Crippen LogP contribution is 2.30. The molecule has 0 radical (unpaired) electrons. The normalized spacial score (nSPS) is 27.1. The zero-order valence-electron chi connectivity index (χ0n) is 28.2. The van der Waals surface area contributed by atoms with Gasteiger partial charge >= 0.3 is 5.97 Å². The fourth-order valence-corrected chi connectivity index (χ4v) is 7.60. The predicted molar refractivity (Wildman–Crippen MR) is 178 cm³/mol. The molecule has 13 heteroatoms. The second-order valence-electron chi connectivity index (χ2n) is 12.2. The number of fused-ring (bicyclic) bond motifs is 3. The van der Waals surface area contributed by atoms with Gasteiger partial charge in [0.25, 0.3) is 5.91 Å². The minimum atomic E-state index is -3.85. The highest BCUT2D eigenvalue weighted by Gasteiger charge is 2.50. The Kier molecular flexibility index (Phi) is 13.9. The fourth-order valence-electron chi connectivity index (χ4n) is 5.67. The lowest BCUT2D eigenvalue weighted by Crippen LogP contribution is -2.50. The van der Waals surface area contributed by atoms with Crippen LogP contribution in [0.3, 0.4) is 0 Å². The average Bonchev–Trinajstić information content (AvgIpc) is 3.68. The molecule has 3 rings (SSSR count). The summed E-state index contributed by atoms with van der Waals surface area (Å²) in [6.07, 6.45) is 11.5. The third-order valence-electron chi connectivity index (χ3n) is 8.38. The fraction of sp³-hybridized carbons (Fsp3) is 0.559. The zero-order valence-corrected chi connectivity index (χ0v) is 29.0. The van der Waals surface area contributed by atoms with E-state index in [9.17, 15) is 27.6 Å². The van der Waals surface area contributed by atoms with Crippen molar-refractivity contribution >= 4 is 33.4 Å². The number of ketones is 1. The number of amides is 2. The molecule has 1 aromatic heterocycles. The van der Waals surface area contributed by atoms with Crippen molar-refractivity contribution in [2.24, 2.45) is 11.8 Å². The molecule has 1 fully saturated rings. The van der Waals surface area contributed by atoms with Crippen molar-refractivity contribution in [1.82, 2.24) is 20.1 Å². The van der Waals surface area contributed by atoms with Crippen molar-refractivity contribution in [3.63, 3.8) is 0 Å². The average molecular weight is 673 g/mol. The Morgan fingerprint density at radius 2 is 1.83 bits per heavy atom. The Morgan fingerprint density at radius 1 is 1.11 bits per heavy atom. The predicted octanol–water partition coefficient (Wildman–Crippen LogP) is 3.07. The number of oxazole rings is 1. The molecule has 0 saturated carbocycles. The number of aromatic nitrogens is 1. The van der Waals surface area contributed by atoms with Gasteiger partial charge in [-0.25, -0.2) is 18.2 Å². The van der Waals surface area contributed by atoms with Crippen molar-refractivity contribution in [3.05, 3.63) is 66.0 Å². The van der Waals surface area contributed by atoms with Gasteiger partial charge in [-0.2, -0.15) is 0 Å². The van der Waals surface area contributed by atoms with Crippen LogP contribution in [0.5, 0.6) is 0 Å². The van der Waals surface area contributed by atoms with Crippen LogP contribution < -0.4 is 5.32 Å². The van der Waals surface area contributed by atoms with E-state index in [1.54, 1.807) is 37.3 Å². The van der Waals surface area contributed by atoms with Crippen LogP contribution in [0.25, 0.3) is 0 Å². The molecule has 2 aliphatic heterocycles. The van der Waals surface area contributed by atoms with Crippen molar-refractivity contribution in [2.45, 2.75) is 71.8 Å². The number of nitrogens with zero attached hydrogens (tertiary/aromatic N) is 3. The summed E-state index contributed by atoms with van der Waals surface area (Å²) in [6.45, 7) is 13.2. The Labute approximate surface area is 277 Å². The number of esters is 1. The third-order valence-corrected chi connectivity index (χ3v) is 10.6. The molecule has 0 aromatic carbocycles. The van der Waals surface area contributed by atoms with E-state index < -0.39 is 45.0 Å². The second kappa shape index (κ2) is 17.4. The molecule has 2 amide bonds. The Hall–Kier alpha value is -3.84. The highest BCUT2D eigenvalue weighted by molar-refractivity contribution is 7.92. The number of hydrogen-bond acceptors (Lipinski definition) is 10. The minimum Gasteiger partial charge on any atom is -0.460 e. The van der Waals surface area contributed by atoms with Crippen LogP contribution in [-0.4, -0.2) is 103 Å². The molecule has 0 spiro atoms. The maximum atomic E-state index is 14.0. The Balaban J connectivity index is 2.01. The number of ether oxygens (including phenoxy) is 1. The SMILES string of the molecule is CCN(CC)CCS(=O)(=O)[C@@H]1CCN2C(=O)c3coc(n3)CC(=O)/C=C/C=C(C)/C=C/CNC(=O)/C=C/[C@@H](C)[C@@H](C(C)C)OC(=O)[C@@H]12. The van der Waals surface area contributed by atoms with Crippen molar-refractivity contribution in [1.29, 1.82) is 0 Å². The van der Waals surface area contributed by atoms with Gasteiger partial charge in [-0.15, -0.1) is 0 Å². The van der Waals surface area contributed by atoms with E-state index in [2.05, 4.69) is 10.3 Å². The lowest BCUT2D eigenvalue weighted by Gasteiger charge is -2.31. The van der Waals surface area contributed by atoms with Crippen LogP contribution >= 0.6 is 0 Å². The van der Waals surface area contributed by atoms with Gasteiger partial charge in [0, 0.05) is 25.6 Å². The molecule has 0 unspecified atom stereocenters. The number of allylic oxidation sites excluding steroid dienone is 5. The van der Waals surface area contributed by atoms with Gasteiger partial charge in [-0.3, -0.25) is 14.4 Å². The minimum absolute atomic E-state index is 0.0138. The summed E-state index contributed by atoms with van der Waals surface area (Å²) in [5, 5.41) is 1.58. The molecule has 0 aliphatic carbocycles. The monoisotopic (exact) mass is 672 g/mol. The number of nitrogens with one attached hydrogen (secondary N) is 1. The molecule has 4 atom stereocenters. The van der Waals surface area contributed by atoms with Crippen LogP contribution in [0.4, 0.5) is 0 Å². The van der Waals surface area contributed by atoms with E-state index in [0.717, 1.165) is 11.8 Å². The van der Waals surface area contributed by atoms with Gasteiger partial charge in [-0.05, 0) is 44.5 Å². The van der Waals surface area contributed by atoms with Crippen molar-refractivity contribution in [3.8, 4) is 0 Å². The van der Waals surface area contributed by atoms with Gasteiger partial charge in [0.2, 0.25) is 11.8 Å². The van der Waals surface area contributed by atoms with Crippen LogP contribution in [0, 0.1) is 11.8 Å². The lowest BCUT2D eigenvalue weighted by atomic mass is 9.94. The molecule has 258 valence electrons. The summed E-state index contributed by atoms with van der Waals surface area (Å²) < 4.78 is 38.9. The maximum Gasteiger partial charge on any atom is 0.330 e. The van der Waals surface area contributed by atoms with E-state index in [4.69, 9.17) is 9.15 Å². The highest BCUT2D eigenvalue weighted by atomic mass is 32.2. The summed E-state index contributed by atoms with van der Waals surface area (Å²) in [6, 6.07) is -1.42. The van der Waals surface area contributed by atoms with Crippen LogP contribution in [-0.2, 0) is 35.4 Å². The number of carbonyl (C=O) groups excluding carboxylic acids is 4. The molecule has 2 bridgehead atoms. The number of carbonyl (C=O) groups is 4. The smallest absolute Gasteiger partial charge is 0.330 e. The molecular formula is C34H48N4O8S. The van der Waals surface area contributed by atoms with Gasteiger partial charge in [0.05, 0.1) is 17.4 Å². The molecule has 1 aromatic rings. The first kappa shape index (κ1) is 37.6. The molecule has 1 N–H and O–H groups in total. The maximum absolute atomic E-state index is 14.0. The van der Waals surface area contributed by atoms with Gasteiger partial charge in [0.15, 0.2) is 21.3 Å². The third kappa shape index (κ3) is 10.6. The number of hydrogen-bond donors (Lipinski definition) is 1. The van der Waals surface area contributed by atoms with Crippen LogP contribution in [0.15, 0.2) is 58.8 Å². The molecule has 47 heavy (non-hydrogen) atoms. The zero-order chi connectivity index (χ0) is 34.7. The Morgan fingerprint density at radius 3 is 2.51 bits per heavy atom. The van der Waals surface area contributed by atoms with Crippen LogP contribution in [0.1, 0.15) is 64.3 Å². The molecule has 3 heterocycles. The molecule has 12 nitrogen and oxygen atoms in total. The first-order chi connectivity index (χ1) is 22.3. The summed E-state index contributed by atoms with van der Waals surface area (Å²) in [5.74, 6) is -2.95. The van der Waals surface area contributed by atoms with Crippen molar-refractivity contribution in [2.75, 3.05) is 38.5 Å². The lowest BCUT2D eigenvalue weighted by molar-refractivity contribution is -0.157. The summed E-state index contributed by atoms with van der Waals surface area (Å²) >= 11 is 0. The van der Waals surface area contributed by atoms with E-state index >= 15 is 0 Å². The first-order valence-electron chi connectivity index (χ1n) is 16.2. The number of cyclic esters (lactones) is 1. The number of rotatable bonds is 7. The molecular weight excluding hydrogens is 624 g/mol. The van der Waals surface area contributed by atoms with E-state index in [-0.39, 0.29) is 60.9 Å². The topological polar surface area (TPSA) is 156 Å². The molecule has 2 aliphatic rings.